The van der Waals surface area contributed by atoms with Gasteiger partial charge in [0, 0.05) is 13.0 Å². The second-order valence-electron chi connectivity index (χ2n) is 19.8. The first-order valence-corrected chi connectivity index (χ1v) is 27.6. The van der Waals surface area contributed by atoms with Crippen molar-refractivity contribution in [1.82, 2.24) is 0 Å². The minimum absolute atomic E-state index is 0.0705. The first-order chi connectivity index (χ1) is 32.6. The van der Waals surface area contributed by atoms with Gasteiger partial charge in [0.25, 0.3) is 0 Å². The van der Waals surface area contributed by atoms with Crippen molar-refractivity contribution in [2.45, 2.75) is 300 Å². The Bertz CT molecular complexity index is 1120. The van der Waals surface area contributed by atoms with Gasteiger partial charge in [-0.3, -0.25) is 4.79 Å². The van der Waals surface area contributed by atoms with Crippen molar-refractivity contribution in [3.63, 3.8) is 0 Å². The summed E-state index contributed by atoms with van der Waals surface area (Å²) < 4.78 is 34.4. The molecule has 11 atom stereocenters. The Kier molecular flexibility index (Phi) is 38.6. The Hall–Kier alpha value is -1.01. The van der Waals surface area contributed by atoms with Gasteiger partial charge >= 0.3 is 5.97 Å². The third kappa shape index (κ3) is 29.2. The smallest absolute Gasteiger partial charge is 0.306 e. The minimum Gasteiger partial charge on any atom is -0.457 e. The summed E-state index contributed by atoms with van der Waals surface area (Å²) in [7, 11) is 0. The van der Waals surface area contributed by atoms with Crippen LogP contribution in [0.2, 0.25) is 0 Å². The summed E-state index contributed by atoms with van der Waals surface area (Å²) in [6.07, 6.45) is 25.9. The molecule has 0 aromatic heterocycles. The van der Waals surface area contributed by atoms with E-state index in [-0.39, 0.29) is 25.6 Å². The van der Waals surface area contributed by atoms with Crippen LogP contribution in [0, 0.1) is 0 Å². The van der Waals surface area contributed by atoms with Gasteiger partial charge in [0.15, 0.2) is 12.6 Å². The molecular formula is C53H102O14. The molecule has 2 aliphatic heterocycles. The zero-order chi connectivity index (χ0) is 48.7. The Labute approximate surface area is 406 Å². The van der Waals surface area contributed by atoms with Crippen molar-refractivity contribution in [2.75, 3.05) is 33.0 Å². The van der Waals surface area contributed by atoms with Gasteiger partial charge in [-0.1, -0.05) is 213 Å². The lowest BCUT2D eigenvalue weighted by Gasteiger charge is -2.42. The van der Waals surface area contributed by atoms with Crippen LogP contribution in [-0.4, -0.2) is 142 Å². The van der Waals surface area contributed by atoms with Crippen molar-refractivity contribution in [1.29, 1.82) is 0 Å². The molecule has 0 aliphatic carbocycles. The lowest BCUT2D eigenvalue weighted by Crippen LogP contribution is -2.61. The van der Waals surface area contributed by atoms with Gasteiger partial charge in [-0.25, -0.2) is 0 Å². The normalized spacial score (nSPS) is 26.0. The van der Waals surface area contributed by atoms with Gasteiger partial charge in [0.1, 0.15) is 54.9 Å². The van der Waals surface area contributed by atoms with E-state index in [1.807, 2.05) is 0 Å². The molecule has 2 rings (SSSR count). The molecule has 0 spiro atoms. The Morgan fingerprint density at radius 3 is 1.21 bits per heavy atom. The standard InChI is InChI=1S/C53H102O14/c1-3-5-7-9-11-13-15-17-19-20-21-22-24-26-28-30-32-34-36-45(55)65-42(39-62-37-35-33-31-29-27-25-23-18-16-14-12-10-8-6-4-2)40-63-52-51(61)49(59)47(57)44(67-52)41-64-53-50(60)48(58)46(56)43(38-54)66-53/h42-44,46-54,56-61H,3-41H2,1-2H3. The summed E-state index contributed by atoms with van der Waals surface area (Å²) in [6, 6.07) is 0. The highest BCUT2D eigenvalue weighted by atomic mass is 16.7. The number of hydrogen-bond donors (Lipinski definition) is 7. The van der Waals surface area contributed by atoms with Crippen molar-refractivity contribution in [3.05, 3.63) is 0 Å². The van der Waals surface area contributed by atoms with Crippen LogP contribution in [0.4, 0.5) is 0 Å². The zero-order valence-corrected chi connectivity index (χ0v) is 42.4. The number of aliphatic hydroxyl groups is 7. The van der Waals surface area contributed by atoms with Crippen molar-refractivity contribution in [3.8, 4) is 0 Å². The van der Waals surface area contributed by atoms with Crippen LogP contribution >= 0.6 is 0 Å². The molecule has 0 amide bonds. The highest BCUT2D eigenvalue weighted by Gasteiger charge is 2.47. The molecule has 0 bridgehead atoms. The number of esters is 1. The van der Waals surface area contributed by atoms with Crippen LogP contribution in [0.5, 0.6) is 0 Å². The van der Waals surface area contributed by atoms with E-state index < -0.39 is 80.7 Å². The summed E-state index contributed by atoms with van der Waals surface area (Å²) >= 11 is 0. The summed E-state index contributed by atoms with van der Waals surface area (Å²) in [4.78, 5) is 13.0. The fraction of sp³-hybridized carbons (Fsp3) is 0.981. The zero-order valence-electron chi connectivity index (χ0n) is 42.4. The average Bonchev–Trinajstić information content (AvgIpc) is 3.32. The highest BCUT2D eigenvalue weighted by molar-refractivity contribution is 5.69. The Morgan fingerprint density at radius 2 is 0.791 bits per heavy atom. The summed E-state index contributed by atoms with van der Waals surface area (Å²) in [5, 5.41) is 72.2. The van der Waals surface area contributed by atoms with E-state index in [9.17, 15) is 40.5 Å². The average molecular weight is 963 g/mol. The maximum atomic E-state index is 13.0. The van der Waals surface area contributed by atoms with Crippen LogP contribution < -0.4 is 0 Å². The van der Waals surface area contributed by atoms with Crippen LogP contribution in [-0.2, 0) is 33.2 Å². The third-order valence-electron chi connectivity index (χ3n) is 13.6. The quantitative estimate of drug-likeness (QED) is 0.0224. The van der Waals surface area contributed by atoms with Crippen LogP contribution in [0.25, 0.3) is 0 Å². The minimum atomic E-state index is -1.70. The predicted octanol–water partition coefficient (Wildman–Crippen LogP) is 8.86. The maximum Gasteiger partial charge on any atom is 0.306 e. The molecule has 0 aromatic carbocycles. The molecule has 0 saturated carbocycles. The van der Waals surface area contributed by atoms with Gasteiger partial charge < -0.3 is 64.2 Å². The SMILES string of the molecule is CCCCCCCCCCCCCCCCCCCCC(=O)OC(COCCCCCCCCCCCCCCCCC)COC1OC(COC2OC(CO)C(O)C(O)C2O)C(O)C(O)C1O. The molecule has 2 saturated heterocycles. The van der Waals surface area contributed by atoms with Gasteiger partial charge in [-0.2, -0.15) is 0 Å². The lowest BCUT2D eigenvalue weighted by atomic mass is 9.98. The van der Waals surface area contributed by atoms with E-state index in [1.54, 1.807) is 0 Å². The molecule has 14 heteroatoms. The molecule has 2 aliphatic rings. The fourth-order valence-corrected chi connectivity index (χ4v) is 9.11. The number of hydrogen-bond acceptors (Lipinski definition) is 14. The first-order valence-electron chi connectivity index (χ1n) is 27.6. The second kappa shape index (κ2) is 41.6. The maximum absolute atomic E-state index is 13.0. The topological polar surface area (TPSA) is 214 Å². The molecule has 67 heavy (non-hydrogen) atoms. The summed E-state index contributed by atoms with van der Waals surface area (Å²) in [5.74, 6) is -0.368. The van der Waals surface area contributed by atoms with Crippen molar-refractivity contribution in [2.24, 2.45) is 0 Å². The number of ether oxygens (including phenoxy) is 6. The molecule has 7 N–H and O–H groups in total. The van der Waals surface area contributed by atoms with E-state index >= 15 is 0 Å². The molecule has 2 heterocycles. The summed E-state index contributed by atoms with van der Waals surface area (Å²) in [6.45, 7) is 3.75. The van der Waals surface area contributed by atoms with E-state index in [0.717, 1.165) is 44.9 Å². The Balaban J connectivity index is 1.73. The monoisotopic (exact) mass is 963 g/mol. The van der Waals surface area contributed by atoms with Gasteiger partial charge in [0.2, 0.25) is 0 Å². The van der Waals surface area contributed by atoms with Crippen LogP contribution in [0.3, 0.4) is 0 Å². The largest absolute Gasteiger partial charge is 0.457 e. The number of carbonyl (C=O) groups excluding carboxylic acids is 1. The lowest BCUT2D eigenvalue weighted by molar-refractivity contribution is -0.332. The van der Waals surface area contributed by atoms with E-state index in [1.165, 1.54) is 167 Å². The number of carbonyl (C=O) groups is 1. The molecule has 0 radical (unpaired) electrons. The number of rotatable bonds is 45. The molecule has 0 aromatic rings. The molecule has 398 valence electrons. The van der Waals surface area contributed by atoms with Gasteiger partial charge in [-0.05, 0) is 12.8 Å². The number of aliphatic hydroxyl groups excluding tert-OH is 7. The first kappa shape index (κ1) is 62.1. The van der Waals surface area contributed by atoms with Gasteiger partial charge in [-0.15, -0.1) is 0 Å². The fourth-order valence-electron chi connectivity index (χ4n) is 9.11. The predicted molar refractivity (Wildman–Crippen MR) is 261 cm³/mol. The van der Waals surface area contributed by atoms with E-state index in [4.69, 9.17) is 28.4 Å². The van der Waals surface area contributed by atoms with Crippen molar-refractivity contribution < 1.29 is 69.0 Å². The molecule has 2 fully saturated rings. The second-order valence-corrected chi connectivity index (χ2v) is 19.8. The molecular weight excluding hydrogens is 861 g/mol. The summed E-state index contributed by atoms with van der Waals surface area (Å²) in [5.41, 5.74) is 0. The Morgan fingerprint density at radius 1 is 0.433 bits per heavy atom. The van der Waals surface area contributed by atoms with Crippen molar-refractivity contribution >= 4 is 5.97 Å². The highest BCUT2D eigenvalue weighted by Crippen LogP contribution is 2.27. The number of unbranched alkanes of at least 4 members (excludes halogenated alkanes) is 31. The molecule has 11 unspecified atom stereocenters. The van der Waals surface area contributed by atoms with E-state index in [2.05, 4.69) is 13.8 Å². The molecule has 14 nitrogen and oxygen atoms in total. The van der Waals surface area contributed by atoms with Gasteiger partial charge in [0.05, 0.1) is 26.4 Å². The van der Waals surface area contributed by atoms with Crippen LogP contribution in [0.1, 0.15) is 232 Å². The van der Waals surface area contributed by atoms with E-state index in [0.29, 0.717) is 6.61 Å². The van der Waals surface area contributed by atoms with Crippen LogP contribution in [0.15, 0.2) is 0 Å². The third-order valence-corrected chi connectivity index (χ3v) is 13.6.